The third-order valence-electron chi connectivity index (χ3n) is 3.64. The SMILES string of the molecule is CN(Cc1cc(F)ccc1Cl)C1CCCCC1Cl. The maximum Gasteiger partial charge on any atom is 0.123 e. The summed E-state index contributed by atoms with van der Waals surface area (Å²) in [5, 5.41) is 0.807. The van der Waals surface area contributed by atoms with E-state index in [0.717, 1.165) is 18.4 Å². The van der Waals surface area contributed by atoms with Gasteiger partial charge in [0.25, 0.3) is 0 Å². The molecule has 0 amide bonds. The topological polar surface area (TPSA) is 3.24 Å². The smallest absolute Gasteiger partial charge is 0.123 e. The second kappa shape index (κ2) is 6.23. The van der Waals surface area contributed by atoms with E-state index in [0.29, 0.717) is 17.6 Å². The summed E-state index contributed by atoms with van der Waals surface area (Å²) in [4.78, 5) is 2.19. The molecule has 4 heteroatoms. The third-order valence-corrected chi connectivity index (χ3v) is 4.52. The van der Waals surface area contributed by atoms with E-state index in [1.54, 1.807) is 6.07 Å². The van der Waals surface area contributed by atoms with Crippen LogP contribution in [0.5, 0.6) is 0 Å². The van der Waals surface area contributed by atoms with E-state index < -0.39 is 0 Å². The van der Waals surface area contributed by atoms with Gasteiger partial charge in [0.15, 0.2) is 0 Å². The highest BCUT2D eigenvalue weighted by molar-refractivity contribution is 6.31. The molecule has 1 aliphatic carbocycles. The van der Waals surface area contributed by atoms with E-state index in [1.807, 2.05) is 7.05 Å². The van der Waals surface area contributed by atoms with Gasteiger partial charge in [-0.3, -0.25) is 4.90 Å². The van der Waals surface area contributed by atoms with E-state index in [9.17, 15) is 4.39 Å². The second-order valence-corrected chi connectivity index (χ2v) is 5.99. The molecule has 100 valence electrons. The highest BCUT2D eigenvalue weighted by atomic mass is 35.5. The third kappa shape index (κ3) is 3.37. The Morgan fingerprint density at radius 3 is 2.78 bits per heavy atom. The largest absolute Gasteiger partial charge is 0.298 e. The fourth-order valence-electron chi connectivity index (χ4n) is 2.61. The van der Waals surface area contributed by atoms with Crippen molar-refractivity contribution in [1.82, 2.24) is 4.90 Å². The zero-order valence-electron chi connectivity index (χ0n) is 10.5. The summed E-state index contributed by atoms with van der Waals surface area (Å²) >= 11 is 12.5. The van der Waals surface area contributed by atoms with E-state index in [1.165, 1.54) is 25.0 Å². The molecular formula is C14H18Cl2FN. The van der Waals surface area contributed by atoms with Crippen molar-refractivity contribution in [2.24, 2.45) is 0 Å². The fourth-order valence-corrected chi connectivity index (χ4v) is 3.26. The lowest BCUT2D eigenvalue weighted by Gasteiger charge is -2.35. The number of hydrogen-bond donors (Lipinski definition) is 0. The lowest BCUT2D eigenvalue weighted by atomic mass is 9.93. The van der Waals surface area contributed by atoms with Crippen LogP contribution in [0, 0.1) is 5.82 Å². The van der Waals surface area contributed by atoms with Crippen LogP contribution in [0.2, 0.25) is 5.02 Å². The molecule has 0 radical (unpaired) electrons. The van der Waals surface area contributed by atoms with Gasteiger partial charge in [-0.15, -0.1) is 11.6 Å². The summed E-state index contributed by atoms with van der Waals surface area (Å²) < 4.78 is 13.2. The van der Waals surface area contributed by atoms with Crippen molar-refractivity contribution in [2.75, 3.05) is 7.05 Å². The molecular weight excluding hydrogens is 272 g/mol. The molecule has 0 N–H and O–H groups in total. The van der Waals surface area contributed by atoms with E-state index in [4.69, 9.17) is 23.2 Å². The molecule has 0 aromatic heterocycles. The van der Waals surface area contributed by atoms with Crippen molar-refractivity contribution >= 4 is 23.2 Å². The maximum absolute atomic E-state index is 13.2. The Kier molecular flexibility index (Phi) is 4.88. The molecule has 2 unspecified atom stereocenters. The zero-order chi connectivity index (χ0) is 13.1. The predicted molar refractivity (Wildman–Crippen MR) is 74.8 cm³/mol. The molecule has 0 spiro atoms. The quantitative estimate of drug-likeness (QED) is 0.743. The predicted octanol–water partition coefficient (Wildman–Crippen LogP) is 4.46. The van der Waals surface area contributed by atoms with Crippen LogP contribution in [0.4, 0.5) is 4.39 Å². The van der Waals surface area contributed by atoms with E-state index in [2.05, 4.69) is 4.90 Å². The number of halogens is 3. The molecule has 1 saturated carbocycles. The summed E-state index contributed by atoms with van der Waals surface area (Å²) in [6.07, 6.45) is 4.60. The van der Waals surface area contributed by atoms with Crippen LogP contribution in [0.15, 0.2) is 18.2 Å². The number of hydrogen-bond acceptors (Lipinski definition) is 1. The summed E-state index contributed by atoms with van der Waals surface area (Å²) in [6, 6.07) is 4.86. The van der Waals surface area contributed by atoms with Gasteiger partial charge in [0.2, 0.25) is 0 Å². The molecule has 1 aromatic carbocycles. The first-order valence-corrected chi connectivity index (χ1v) is 7.17. The van der Waals surface area contributed by atoms with Gasteiger partial charge in [-0.1, -0.05) is 24.4 Å². The molecule has 2 atom stereocenters. The van der Waals surface area contributed by atoms with Gasteiger partial charge < -0.3 is 0 Å². The number of benzene rings is 1. The lowest BCUT2D eigenvalue weighted by molar-refractivity contribution is 0.188. The standard InChI is InChI=1S/C14H18Cl2FN/c1-18(14-5-3-2-4-13(14)16)9-10-8-11(17)6-7-12(10)15/h6-8,13-14H,2-5,9H2,1H3. The van der Waals surface area contributed by atoms with Gasteiger partial charge in [0, 0.05) is 23.0 Å². The molecule has 1 aliphatic rings. The average molecular weight is 290 g/mol. The van der Waals surface area contributed by atoms with E-state index >= 15 is 0 Å². The summed E-state index contributed by atoms with van der Waals surface area (Å²) in [7, 11) is 2.03. The van der Waals surface area contributed by atoms with Crippen LogP contribution >= 0.6 is 23.2 Å². The van der Waals surface area contributed by atoms with Gasteiger partial charge in [0.05, 0.1) is 0 Å². The minimum absolute atomic E-state index is 0.191. The molecule has 2 rings (SSSR count). The average Bonchev–Trinajstić information content (AvgIpc) is 2.34. The van der Waals surface area contributed by atoms with Gasteiger partial charge in [-0.25, -0.2) is 4.39 Å². The van der Waals surface area contributed by atoms with Crippen molar-refractivity contribution in [1.29, 1.82) is 0 Å². The van der Waals surface area contributed by atoms with Gasteiger partial charge in [-0.05, 0) is 43.7 Å². The maximum atomic E-state index is 13.2. The first-order valence-electron chi connectivity index (χ1n) is 6.36. The summed E-state index contributed by atoms with van der Waals surface area (Å²) in [5.41, 5.74) is 0.827. The Morgan fingerprint density at radius 2 is 2.06 bits per heavy atom. The van der Waals surface area contributed by atoms with Crippen LogP contribution in [-0.2, 0) is 6.54 Å². The van der Waals surface area contributed by atoms with Crippen molar-refractivity contribution in [3.05, 3.63) is 34.6 Å². The molecule has 1 fully saturated rings. The van der Waals surface area contributed by atoms with Crippen molar-refractivity contribution in [3.63, 3.8) is 0 Å². The van der Waals surface area contributed by atoms with Crippen LogP contribution in [-0.4, -0.2) is 23.4 Å². The Labute approximate surface area is 118 Å². The molecule has 0 bridgehead atoms. The molecule has 1 nitrogen and oxygen atoms in total. The Hall–Kier alpha value is -0.310. The minimum Gasteiger partial charge on any atom is -0.298 e. The molecule has 0 heterocycles. The van der Waals surface area contributed by atoms with Gasteiger partial charge in [0.1, 0.15) is 5.82 Å². The van der Waals surface area contributed by atoms with Gasteiger partial charge in [-0.2, -0.15) is 0 Å². The normalized spacial score (nSPS) is 24.5. The Balaban J connectivity index is 2.05. The molecule has 0 saturated heterocycles. The monoisotopic (exact) mass is 289 g/mol. The van der Waals surface area contributed by atoms with Crippen molar-refractivity contribution < 1.29 is 4.39 Å². The highest BCUT2D eigenvalue weighted by Crippen LogP contribution is 2.28. The zero-order valence-corrected chi connectivity index (χ0v) is 12.0. The molecule has 18 heavy (non-hydrogen) atoms. The number of rotatable bonds is 3. The van der Waals surface area contributed by atoms with Crippen molar-refractivity contribution in [3.8, 4) is 0 Å². The Bertz CT molecular complexity index is 411. The first kappa shape index (κ1) is 14.1. The summed E-state index contributed by atoms with van der Waals surface area (Å²) in [5.74, 6) is -0.242. The highest BCUT2D eigenvalue weighted by Gasteiger charge is 2.26. The summed E-state index contributed by atoms with van der Waals surface area (Å²) in [6.45, 7) is 0.643. The first-order chi connectivity index (χ1) is 8.58. The fraction of sp³-hybridized carbons (Fsp3) is 0.571. The number of nitrogens with zero attached hydrogens (tertiary/aromatic N) is 1. The van der Waals surface area contributed by atoms with Crippen LogP contribution in [0.1, 0.15) is 31.2 Å². The minimum atomic E-state index is -0.242. The van der Waals surface area contributed by atoms with Crippen LogP contribution in [0.25, 0.3) is 0 Å². The van der Waals surface area contributed by atoms with E-state index in [-0.39, 0.29) is 11.2 Å². The Morgan fingerprint density at radius 1 is 1.33 bits per heavy atom. The van der Waals surface area contributed by atoms with Crippen LogP contribution < -0.4 is 0 Å². The molecule has 1 aromatic rings. The lowest BCUT2D eigenvalue weighted by Crippen LogP contribution is -2.40. The number of alkyl halides is 1. The molecule has 0 aliphatic heterocycles. The second-order valence-electron chi connectivity index (χ2n) is 5.02. The van der Waals surface area contributed by atoms with Crippen molar-refractivity contribution in [2.45, 2.75) is 43.6 Å². The van der Waals surface area contributed by atoms with Gasteiger partial charge >= 0.3 is 0 Å². The van der Waals surface area contributed by atoms with Crippen LogP contribution in [0.3, 0.4) is 0 Å².